The highest BCUT2D eigenvalue weighted by Gasteiger charge is 2.01. The van der Waals surface area contributed by atoms with Gasteiger partial charge in [-0.1, -0.05) is 6.42 Å². The maximum absolute atomic E-state index is 5.00. The molecule has 3 N–H and O–H groups in total. The molecule has 0 aromatic carbocycles. The molecule has 0 aliphatic heterocycles. The summed E-state index contributed by atoms with van der Waals surface area (Å²) in [6.07, 6.45) is 9.78. The van der Waals surface area contributed by atoms with E-state index in [2.05, 4.69) is 17.7 Å². The molecule has 0 heterocycles. The van der Waals surface area contributed by atoms with Crippen LogP contribution in [0.2, 0.25) is 0 Å². The Labute approximate surface area is 49.7 Å². The average molecular weight is 109 g/mol. The van der Waals surface area contributed by atoms with Crippen molar-refractivity contribution in [3.63, 3.8) is 0 Å². The standard InChI is InChI=1S/C6H8N2/c1-4-6(7)8(3)5-2/h1-2,6H,7H2,3H3/p+1. The fourth-order valence-electron chi connectivity index (χ4n) is 0.202. The first kappa shape index (κ1) is 6.88. The molecule has 0 rings (SSSR count). The molecule has 0 radical (unpaired) electrons. The quantitative estimate of drug-likeness (QED) is 0.253. The van der Waals surface area contributed by atoms with E-state index in [1.807, 2.05) is 0 Å². The zero-order valence-corrected chi connectivity index (χ0v) is 4.89. The smallest absolute Gasteiger partial charge is 0.229 e. The van der Waals surface area contributed by atoms with Crippen LogP contribution in [0.3, 0.4) is 0 Å². The molecule has 2 heteroatoms. The molecular weight excluding hydrogens is 100 g/mol. The predicted octanol–water partition coefficient (Wildman–Crippen LogP) is -1.29. The summed E-state index contributed by atoms with van der Waals surface area (Å²) >= 11 is 0. The van der Waals surface area contributed by atoms with Crippen molar-refractivity contribution < 1.29 is 5.73 Å². The van der Waals surface area contributed by atoms with Gasteiger partial charge in [-0.15, -0.1) is 6.42 Å². The molecule has 8 heavy (non-hydrogen) atoms. The number of nitrogens with zero attached hydrogens (tertiary/aromatic N) is 1. The number of hydrogen-bond donors (Lipinski definition) is 1. The van der Waals surface area contributed by atoms with Crippen molar-refractivity contribution in [2.45, 2.75) is 6.17 Å². The molecule has 2 nitrogen and oxygen atoms in total. The topological polar surface area (TPSA) is 30.9 Å². The van der Waals surface area contributed by atoms with Gasteiger partial charge in [0.05, 0.1) is 0 Å². The number of hydrogen-bond acceptors (Lipinski definition) is 1. The SMILES string of the molecule is C#CC([NH3+])N(C)C#C. The van der Waals surface area contributed by atoms with Crippen molar-refractivity contribution in [2.24, 2.45) is 0 Å². The first-order chi connectivity index (χ1) is 3.72. The summed E-state index contributed by atoms with van der Waals surface area (Å²) in [6.45, 7) is 0. The molecule has 1 unspecified atom stereocenters. The highest BCUT2D eigenvalue weighted by molar-refractivity contribution is 4.97. The second-order valence-corrected chi connectivity index (χ2v) is 1.42. The summed E-state index contributed by atoms with van der Waals surface area (Å²) in [5, 5.41) is 0. The maximum atomic E-state index is 5.00. The molecular formula is C6H9N2+. The van der Waals surface area contributed by atoms with Gasteiger partial charge in [-0.25, -0.2) is 0 Å². The minimum absolute atomic E-state index is 0.208. The summed E-state index contributed by atoms with van der Waals surface area (Å²) < 4.78 is 0. The van der Waals surface area contributed by atoms with Gasteiger partial charge in [0.15, 0.2) is 0 Å². The van der Waals surface area contributed by atoms with Crippen molar-refractivity contribution in [1.82, 2.24) is 4.90 Å². The van der Waals surface area contributed by atoms with E-state index in [9.17, 15) is 0 Å². The molecule has 42 valence electrons. The largest absolute Gasteiger partial charge is 0.327 e. The van der Waals surface area contributed by atoms with Gasteiger partial charge in [0, 0.05) is 13.1 Å². The molecule has 0 saturated carbocycles. The Hall–Kier alpha value is -1.12. The van der Waals surface area contributed by atoms with Crippen LogP contribution < -0.4 is 5.73 Å². The van der Waals surface area contributed by atoms with Crippen LogP contribution >= 0.6 is 0 Å². The van der Waals surface area contributed by atoms with E-state index in [0.29, 0.717) is 0 Å². The minimum Gasteiger partial charge on any atom is -0.327 e. The first-order valence-corrected chi connectivity index (χ1v) is 2.20. The van der Waals surface area contributed by atoms with Crippen LogP contribution in [0.25, 0.3) is 0 Å². The van der Waals surface area contributed by atoms with E-state index < -0.39 is 0 Å². The van der Waals surface area contributed by atoms with Gasteiger partial charge in [-0.3, -0.25) is 4.90 Å². The predicted molar refractivity (Wildman–Crippen MR) is 32.1 cm³/mol. The highest BCUT2D eigenvalue weighted by atomic mass is 15.2. The lowest BCUT2D eigenvalue weighted by molar-refractivity contribution is -0.427. The molecule has 0 fully saturated rings. The van der Waals surface area contributed by atoms with E-state index in [-0.39, 0.29) is 6.17 Å². The van der Waals surface area contributed by atoms with Gasteiger partial charge >= 0.3 is 0 Å². The van der Waals surface area contributed by atoms with Crippen molar-refractivity contribution in [2.75, 3.05) is 7.05 Å². The Morgan fingerprint density at radius 1 is 1.62 bits per heavy atom. The van der Waals surface area contributed by atoms with Crippen LogP contribution in [0.4, 0.5) is 0 Å². The maximum Gasteiger partial charge on any atom is 0.229 e. The normalized spacial score (nSPS) is 11.0. The van der Waals surface area contributed by atoms with Gasteiger partial charge in [0.1, 0.15) is 0 Å². The Bertz CT molecular complexity index is 120. The third kappa shape index (κ3) is 1.55. The fraction of sp³-hybridized carbons (Fsp3) is 0.333. The number of rotatable bonds is 1. The van der Waals surface area contributed by atoms with Crippen LogP contribution in [0, 0.1) is 24.8 Å². The molecule has 0 aliphatic rings. The third-order valence-electron chi connectivity index (χ3n) is 0.864. The summed E-state index contributed by atoms with van der Waals surface area (Å²) in [4.78, 5) is 1.53. The summed E-state index contributed by atoms with van der Waals surface area (Å²) in [5.74, 6) is 2.39. The summed E-state index contributed by atoms with van der Waals surface area (Å²) in [5.41, 5.74) is 3.57. The van der Waals surface area contributed by atoms with Crippen LogP contribution in [0.15, 0.2) is 0 Å². The second kappa shape index (κ2) is 2.96. The van der Waals surface area contributed by atoms with Gasteiger partial charge in [-0.2, -0.15) is 0 Å². The van der Waals surface area contributed by atoms with Crippen LogP contribution in [0.5, 0.6) is 0 Å². The molecule has 0 aromatic rings. The van der Waals surface area contributed by atoms with E-state index in [0.717, 1.165) is 0 Å². The van der Waals surface area contributed by atoms with Gasteiger partial charge in [0.2, 0.25) is 6.17 Å². The van der Waals surface area contributed by atoms with Crippen molar-refractivity contribution in [1.29, 1.82) is 0 Å². The van der Waals surface area contributed by atoms with Gasteiger partial charge in [-0.05, 0) is 5.92 Å². The Kier molecular flexibility index (Phi) is 2.54. The summed E-state index contributed by atoms with van der Waals surface area (Å²) in [6, 6.07) is 2.34. The van der Waals surface area contributed by atoms with E-state index in [1.54, 1.807) is 7.05 Å². The van der Waals surface area contributed by atoms with Crippen molar-refractivity contribution in [3.8, 4) is 24.8 Å². The zero-order valence-electron chi connectivity index (χ0n) is 4.89. The monoisotopic (exact) mass is 109 g/mol. The van der Waals surface area contributed by atoms with Crippen molar-refractivity contribution in [3.05, 3.63) is 0 Å². The molecule has 0 aliphatic carbocycles. The second-order valence-electron chi connectivity index (χ2n) is 1.42. The van der Waals surface area contributed by atoms with Crippen molar-refractivity contribution >= 4 is 0 Å². The minimum atomic E-state index is -0.208. The first-order valence-electron chi connectivity index (χ1n) is 2.20. The molecule has 0 spiro atoms. The van der Waals surface area contributed by atoms with E-state index in [1.165, 1.54) is 4.90 Å². The highest BCUT2D eigenvalue weighted by Crippen LogP contribution is 1.77. The molecule has 0 saturated heterocycles. The van der Waals surface area contributed by atoms with E-state index in [4.69, 9.17) is 12.8 Å². The summed E-state index contributed by atoms with van der Waals surface area (Å²) in [7, 11) is 1.72. The zero-order chi connectivity index (χ0) is 6.57. The fourth-order valence-corrected chi connectivity index (χ4v) is 0.202. The van der Waals surface area contributed by atoms with Crippen LogP contribution in [-0.2, 0) is 0 Å². The molecule has 0 amide bonds. The van der Waals surface area contributed by atoms with Crippen LogP contribution in [0.1, 0.15) is 0 Å². The molecule has 0 bridgehead atoms. The van der Waals surface area contributed by atoms with E-state index >= 15 is 0 Å². The number of terminal acetylenes is 2. The Morgan fingerprint density at radius 2 is 2.12 bits per heavy atom. The lowest BCUT2D eigenvalue weighted by Crippen LogP contribution is -2.66. The molecule has 1 atom stereocenters. The third-order valence-corrected chi connectivity index (χ3v) is 0.864. The van der Waals surface area contributed by atoms with Gasteiger partial charge < -0.3 is 5.73 Å². The average Bonchev–Trinajstić information content (AvgIpc) is 1.84. The van der Waals surface area contributed by atoms with Crippen LogP contribution in [-0.4, -0.2) is 18.1 Å². The molecule has 0 aromatic heterocycles. The lowest BCUT2D eigenvalue weighted by Gasteiger charge is -2.09. The Morgan fingerprint density at radius 3 is 2.25 bits per heavy atom. The Balaban J connectivity index is 3.72. The lowest BCUT2D eigenvalue weighted by atomic mass is 10.5. The van der Waals surface area contributed by atoms with Gasteiger partial charge in [0.25, 0.3) is 0 Å². The number of quaternary nitrogens is 1.